The average molecular weight is 374 g/mol. The number of rotatable bonds is 3. The molecule has 0 fully saturated rings. The second kappa shape index (κ2) is 6.19. The number of hydrogen-bond acceptors (Lipinski definition) is 3. The lowest BCUT2D eigenvalue weighted by Crippen LogP contribution is -2.14. The van der Waals surface area contributed by atoms with Gasteiger partial charge < -0.3 is 5.32 Å². The minimum Gasteiger partial charge on any atom is -0.322 e. The van der Waals surface area contributed by atoms with E-state index in [0.29, 0.717) is 0 Å². The van der Waals surface area contributed by atoms with Crippen LogP contribution in [0.5, 0.6) is 0 Å². The molecule has 0 aliphatic heterocycles. The molecular formula is C13H7BrClFN2O3. The number of carbonyl (C=O) groups is 1. The molecule has 0 radical (unpaired) electrons. The standard InChI is InChI=1S/C13H7BrClFN2O3/c14-10-4-2-8(6-11(10)16)17-13(19)9-3-1-7(15)5-12(9)18(20)21/h1-6H,(H,17,19). The maximum atomic E-state index is 13.4. The molecule has 0 bridgehead atoms. The Hall–Kier alpha value is -1.99. The van der Waals surface area contributed by atoms with Crippen molar-refractivity contribution in [2.45, 2.75) is 0 Å². The summed E-state index contributed by atoms with van der Waals surface area (Å²) in [5.74, 6) is -1.28. The molecule has 0 aliphatic carbocycles. The molecule has 0 unspecified atom stereocenters. The van der Waals surface area contributed by atoms with Gasteiger partial charge in [0.05, 0.1) is 9.40 Å². The van der Waals surface area contributed by atoms with E-state index in [1.807, 2.05) is 0 Å². The van der Waals surface area contributed by atoms with Gasteiger partial charge in [0.2, 0.25) is 0 Å². The summed E-state index contributed by atoms with van der Waals surface area (Å²) in [7, 11) is 0. The van der Waals surface area contributed by atoms with Gasteiger partial charge in [0, 0.05) is 16.8 Å². The first-order valence-electron chi connectivity index (χ1n) is 5.59. The van der Waals surface area contributed by atoms with Crippen LogP contribution in [-0.2, 0) is 0 Å². The number of nitrogens with zero attached hydrogens (tertiary/aromatic N) is 1. The number of halogens is 3. The molecule has 0 atom stereocenters. The molecule has 0 heterocycles. The number of benzene rings is 2. The lowest BCUT2D eigenvalue weighted by atomic mass is 10.1. The number of hydrogen-bond donors (Lipinski definition) is 1. The van der Waals surface area contributed by atoms with Crippen LogP contribution in [0.3, 0.4) is 0 Å². The smallest absolute Gasteiger partial charge is 0.283 e. The number of anilines is 1. The Bertz CT molecular complexity index is 739. The fraction of sp³-hybridized carbons (Fsp3) is 0. The molecule has 5 nitrogen and oxygen atoms in total. The van der Waals surface area contributed by atoms with Crippen molar-refractivity contribution in [2.75, 3.05) is 5.32 Å². The van der Waals surface area contributed by atoms with Crippen molar-refractivity contribution in [3.63, 3.8) is 0 Å². The van der Waals surface area contributed by atoms with Crippen LogP contribution in [0.1, 0.15) is 10.4 Å². The molecule has 0 aromatic heterocycles. The van der Waals surface area contributed by atoms with Gasteiger partial charge in [-0.2, -0.15) is 0 Å². The van der Waals surface area contributed by atoms with Gasteiger partial charge in [0.25, 0.3) is 11.6 Å². The summed E-state index contributed by atoms with van der Waals surface area (Å²) in [4.78, 5) is 22.3. The van der Waals surface area contributed by atoms with Gasteiger partial charge in [-0.1, -0.05) is 11.6 Å². The summed E-state index contributed by atoms with van der Waals surface area (Å²) in [5.41, 5.74) is -0.393. The topological polar surface area (TPSA) is 72.2 Å². The molecule has 1 N–H and O–H groups in total. The highest BCUT2D eigenvalue weighted by Crippen LogP contribution is 2.25. The van der Waals surface area contributed by atoms with Crippen molar-refractivity contribution in [2.24, 2.45) is 0 Å². The van der Waals surface area contributed by atoms with Crippen LogP contribution in [0.2, 0.25) is 5.02 Å². The Labute approximate surface area is 132 Å². The third-order valence-electron chi connectivity index (χ3n) is 2.58. The first kappa shape index (κ1) is 15.4. The molecule has 0 saturated carbocycles. The third kappa shape index (κ3) is 3.56. The predicted molar refractivity (Wildman–Crippen MR) is 80.2 cm³/mol. The van der Waals surface area contributed by atoms with Crippen molar-refractivity contribution in [1.82, 2.24) is 0 Å². The Morgan fingerprint density at radius 1 is 1.29 bits per heavy atom. The highest BCUT2D eigenvalue weighted by atomic mass is 79.9. The largest absolute Gasteiger partial charge is 0.322 e. The normalized spacial score (nSPS) is 10.2. The average Bonchev–Trinajstić information content (AvgIpc) is 2.42. The van der Waals surface area contributed by atoms with E-state index in [1.54, 1.807) is 0 Å². The molecule has 8 heteroatoms. The van der Waals surface area contributed by atoms with E-state index in [4.69, 9.17) is 11.6 Å². The van der Waals surface area contributed by atoms with E-state index in [9.17, 15) is 19.3 Å². The van der Waals surface area contributed by atoms with Gasteiger partial charge >= 0.3 is 0 Å². The highest BCUT2D eigenvalue weighted by molar-refractivity contribution is 9.10. The van der Waals surface area contributed by atoms with Crippen molar-refractivity contribution in [1.29, 1.82) is 0 Å². The van der Waals surface area contributed by atoms with Crippen LogP contribution in [0.15, 0.2) is 40.9 Å². The van der Waals surface area contributed by atoms with Crippen LogP contribution in [0.4, 0.5) is 15.8 Å². The number of nitro groups is 1. The van der Waals surface area contributed by atoms with E-state index >= 15 is 0 Å². The molecule has 0 saturated heterocycles. The minimum absolute atomic E-state index is 0.146. The second-order valence-corrected chi connectivity index (χ2v) is 5.29. The molecule has 0 aliphatic rings. The third-order valence-corrected chi connectivity index (χ3v) is 3.46. The molecule has 2 aromatic carbocycles. The monoisotopic (exact) mass is 372 g/mol. The van der Waals surface area contributed by atoms with Gasteiger partial charge in [-0.15, -0.1) is 0 Å². The van der Waals surface area contributed by atoms with Crippen LogP contribution < -0.4 is 5.32 Å². The van der Waals surface area contributed by atoms with Gasteiger partial charge in [-0.05, 0) is 46.3 Å². The molecular weight excluding hydrogens is 367 g/mol. The van der Waals surface area contributed by atoms with E-state index < -0.39 is 22.3 Å². The quantitative estimate of drug-likeness (QED) is 0.640. The fourth-order valence-electron chi connectivity index (χ4n) is 1.62. The minimum atomic E-state index is -0.722. The SMILES string of the molecule is O=C(Nc1ccc(Br)c(F)c1)c1ccc(Cl)cc1[N+](=O)[O-]. The van der Waals surface area contributed by atoms with Gasteiger partial charge in [0.1, 0.15) is 11.4 Å². The molecule has 2 rings (SSSR count). The second-order valence-electron chi connectivity index (χ2n) is 4.00. The Kier molecular flexibility index (Phi) is 4.54. The summed E-state index contributed by atoms with van der Waals surface area (Å²) in [5, 5.41) is 13.5. The van der Waals surface area contributed by atoms with E-state index in [1.165, 1.54) is 24.3 Å². The zero-order valence-electron chi connectivity index (χ0n) is 10.3. The van der Waals surface area contributed by atoms with Crippen LogP contribution >= 0.6 is 27.5 Å². The summed E-state index contributed by atoms with van der Waals surface area (Å²) in [6.07, 6.45) is 0. The van der Waals surface area contributed by atoms with Gasteiger partial charge in [-0.3, -0.25) is 14.9 Å². The molecule has 0 spiro atoms. The molecule has 1 amide bonds. The summed E-state index contributed by atoms with van der Waals surface area (Å²) >= 11 is 8.66. The van der Waals surface area contributed by atoms with E-state index in [2.05, 4.69) is 21.2 Å². The fourth-order valence-corrected chi connectivity index (χ4v) is 2.03. The van der Waals surface area contributed by atoms with E-state index in [-0.39, 0.29) is 20.7 Å². The number of carbonyl (C=O) groups excluding carboxylic acids is 1. The van der Waals surface area contributed by atoms with Crippen molar-refractivity contribution < 1.29 is 14.1 Å². The summed E-state index contributed by atoms with van der Waals surface area (Å²) in [6.45, 7) is 0. The van der Waals surface area contributed by atoms with Crippen molar-refractivity contribution in [3.8, 4) is 0 Å². The summed E-state index contributed by atoms with van der Waals surface area (Å²) in [6, 6.07) is 7.67. The zero-order valence-corrected chi connectivity index (χ0v) is 12.6. The Balaban J connectivity index is 2.32. The maximum Gasteiger partial charge on any atom is 0.283 e. The van der Waals surface area contributed by atoms with Crippen LogP contribution in [0, 0.1) is 15.9 Å². The number of nitrogens with one attached hydrogen (secondary N) is 1. The highest BCUT2D eigenvalue weighted by Gasteiger charge is 2.20. The molecule has 2 aromatic rings. The Morgan fingerprint density at radius 3 is 2.62 bits per heavy atom. The van der Waals surface area contributed by atoms with Crippen LogP contribution in [-0.4, -0.2) is 10.8 Å². The van der Waals surface area contributed by atoms with Crippen molar-refractivity contribution in [3.05, 3.63) is 67.4 Å². The van der Waals surface area contributed by atoms with E-state index in [0.717, 1.165) is 12.1 Å². The lowest BCUT2D eigenvalue weighted by Gasteiger charge is -2.07. The predicted octanol–water partition coefficient (Wildman–Crippen LogP) is 4.40. The van der Waals surface area contributed by atoms with Gasteiger partial charge in [0.15, 0.2) is 0 Å². The first-order valence-corrected chi connectivity index (χ1v) is 6.76. The number of nitro benzene ring substituents is 1. The number of amides is 1. The maximum absolute atomic E-state index is 13.4. The molecule has 21 heavy (non-hydrogen) atoms. The first-order chi connectivity index (χ1) is 9.88. The van der Waals surface area contributed by atoms with Crippen LogP contribution in [0.25, 0.3) is 0 Å². The summed E-state index contributed by atoms with van der Waals surface area (Å²) < 4.78 is 13.6. The van der Waals surface area contributed by atoms with Crippen molar-refractivity contribution >= 4 is 44.8 Å². The molecule has 108 valence electrons. The lowest BCUT2D eigenvalue weighted by molar-refractivity contribution is -0.385. The Morgan fingerprint density at radius 2 is 2.00 bits per heavy atom. The van der Waals surface area contributed by atoms with Gasteiger partial charge in [-0.25, -0.2) is 4.39 Å². The zero-order chi connectivity index (χ0) is 15.6.